The fraction of sp³-hybridized carbons (Fsp3) is 0.778. The number of rotatable bonds is 4. The van der Waals surface area contributed by atoms with Gasteiger partial charge in [0.05, 0.1) is 0 Å². The van der Waals surface area contributed by atoms with E-state index in [0.29, 0.717) is 0 Å². The van der Waals surface area contributed by atoms with Gasteiger partial charge in [0, 0.05) is 0 Å². The van der Waals surface area contributed by atoms with Crippen molar-refractivity contribution in [2.45, 2.75) is 44.8 Å². The molecule has 0 amide bonds. The van der Waals surface area contributed by atoms with Crippen LogP contribution in [0, 0.1) is 0 Å². The van der Waals surface area contributed by atoms with E-state index >= 15 is 0 Å². The molecule has 0 aromatic carbocycles. The molecule has 0 saturated heterocycles. The molecule has 0 atom stereocenters. The van der Waals surface area contributed by atoms with Crippen LogP contribution in [0.3, 0.4) is 0 Å². The Kier molecular flexibility index (Phi) is 4.64. The summed E-state index contributed by atoms with van der Waals surface area (Å²) in [5.41, 5.74) is 1.58. The van der Waals surface area contributed by atoms with Crippen molar-refractivity contribution in [2.24, 2.45) is 0 Å². The lowest BCUT2D eigenvalue weighted by Gasteiger charge is -2.32. The second kappa shape index (κ2) is 4.46. The summed E-state index contributed by atoms with van der Waals surface area (Å²) < 4.78 is 0. The van der Waals surface area contributed by atoms with E-state index in [1.165, 1.54) is 6.04 Å². The predicted molar refractivity (Wildman–Crippen MR) is 59.9 cm³/mol. The third-order valence-corrected chi connectivity index (χ3v) is 13.6. The van der Waals surface area contributed by atoms with Crippen LogP contribution in [-0.4, -0.2) is 6.69 Å². The molecule has 0 saturated carbocycles. The highest BCUT2D eigenvalue weighted by Gasteiger charge is 2.35. The summed E-state index contributed by atoms with van der Waals surface area (Å²) in [6, 6.07) is 1.18. The highest BCUT2D eigenvalue weighted by atomic mass is 79.9. The molecule has 0 aliphatic rings. The van der Waals surface area contributed by atoms with Gasteiger partial charge in [0.2, 0.25) is 0 Å². The molecule has 2 heteroatoms. The second-order valence-electron chi connectivity index (χ2n) is 3.73. The molecule has 0 aliphatic heterocycles. The van der Waals surface area contributed by atoms with Crippen molar-refractivity contribution in [3.05, 3.63) is 12.7 Å². The number of hydrogen-bond donors (Lipinski definition) is 0. The first kappa shape index (κ1) is 11.4. The van der Waals surface area contributed by atoms with Crippen LogP contribution >= 0.6 is 15.3 Å². The number of halogens is 1. The average molecular weight is 235 g/mol. The number of allylic oxidation sites excluding steroid dienone is 1. The summed E-state index contributed by atoms with van der Waals surface area (Å²) >= 11 is 3.94. The Morgan fingerprint density at radius 2 is 1.64 bits per heavy atom. The van der Waals surface area contributed by atoms with Gasteiger partial charge in [0.15, 0.2) is 0 Å². The maximum atomic E-state index is 3.94. The zero-order chi connectivity index (χ0) is 9.07. The van der Waals surface area contributed by atoms with Crippen LogP contribution in [0.25, 0.3) is 0 Å². The SMILES string of the molecule is C=CC[Si](Br)(C(C)C)C(C)C. The summed E-state index contributed by atoms with van der Waals surface area (Å²) in [4.78, 5) is 0. The molecule has 0 rings (SSSR count). The highest BCUT2D eigenvalue weighted by molar-refractivity contribution is 9.26. The Bertz CT molecular complexity index is 122. The van der Waals surface area contributed by atoms with E-state index in [1.807, 2.05) is 0 Å². The average Bonchev–Trinajstić information content (AvgIpc) is 1.87. The van der Waals surface area contributed by atoms with Gasteiger partial charge in [-0.15, -0.1) is 21.9 Å². The lowest BCUT2D eigenvalue weighted by molar-refractivity contribution is 0.924. The van der Waals surface area contributed by atoms with E-state index in [9.17, 15) is 0 Å². The Labute approximate surface area is 79.7 Å². The van der Waals surface area contributed by atoms with Crippen LogP contribution in [0.5, 0.6) is 0 Å². The maximum Gasteiger partial charge on any atom is 0.139 e. The molecule has 0 aromatic rings. The third kappa shape index (κ3) is 2.75. The Balaban J connectivity index is 4.37. The monoisotopic (exact) mass is 234 g/mol. The molecule has 0 aliphatic carbocycles. The maximum absolute atomic E-state index is 3.94. The molecular weight excluding hydrogens is 216 g/mol. The molecule has 0 bridgehead atoms. The second-order valence-corrected chi connectivity index (χ2v) is 12.7. The zero-order valence-corrected chi connectivity index (χ0v) is 10.6. The van der Waals surface area contributed by atoms with Crippen molar-refractivity contribution in [3.8, 4) is 0 Å². The van der Waals surface area contributed by atoms with Crippen molar-refractivity contribution < 1.29 is 0 Å². The fourth-order valence-electron chi connectivity index (χ4n) is 1.36. The largest absolute Gasteiger partial charge is 0.139 e. The summed E-state index contributed by atoms with van der Waals surface area (Å²) in [7, 11) is 0. The normalized spacial score (nSPS) is 12.6. The van der Waals surface area contributed by atoms with Crippen LogP contribution in [0.2, 0.25) is 17.1 Å². The Hall–Kier alpha value is 0.437. The molecule has 0 aromatic heterocycles. The zero-order valence-electron chi connectivity index (χ0n) is 8.02. The van der Waals surface area contributed by atoms with Crippen LogP contribution in [0.1, 0.15) is 27.7 Å². The van der Waals surface area contributed by atoms with Gasteiger partial charge in [-0.05, 0) is 17.1 Å². The van der Waals surface area contributed by atoms with Crippen LogP contribution in [-0.2, 0) is 0 Å². The molecule has 0 N–H and O–H groups in total. The van der Waals surface area contributed by atoms with Crippen LogP contribution < -0.4 is 0 Å². The van der Waals surface area contributed by atoms with Gasteiger partial charge in [-0.25, -0.2) is 0 Å². The molecule has 0 spiro atoms. The summed E-state index contributed by atoms with van der Waals surface area (Å²) in [5.74, 6) is 0. The molecule has 11 heavy (non-hydrogen) atoms. The van der Waals surface area contributed by atoms with E-state index in [-0.39, 0.29) is 0 Å². The Morgan fingerprint density at radius 1 is 1.27 bits per heavy atom. The van der Waals surface area contributed by atoms with E-state index < -0.39 is 6.69 Å². The molecular formula is C9H19BrSi. The van der Waals surface area contributed by atoms with E-state index in [4.69, 9.17) is 0 Å². The van der Waals surface area contributed by atoms with Crippen molar-refractivity contribution in [3.63, 3.8) is 0 Å². The first-order valence-electron chi connectivity index (χ1n) is 4.25. The predicted octanol–water partition coefficient (Wildman–Crippen LogP) is 4.33. The van der Waals surface area contributed by atoms with Crippen molar-refractivity contribution >= 4 is 22.0 Å². The summed E-state index contributed by atoms with van der Waals surface area (Å²) in [6.45, 7) is 11.8. The van der Waals surface area contributed by atoms with Crippen molar-refractivity contribution in [1.82, 2.24) is 0 Å². The molecule has 66 valence electrons. The van der Waals surface area contributed by atoms with E-state index in [1.54, 1.807) is 0 Å². The van der Waals surface area contributed by atoms with Crippen molar-refractivity contribution in [1.29, 1.82) is 0 Å². The fourth-order valence-corrected chi connectivity index (χ4v) is 4.76. The highest BCUT2D eigenvalue weighted by Crippen LogP contribution is 2.40. The topological polar surface area (TPSA) is 0 Å². The molecule has 0 radical (unpaired) electrons. The van der Waals surface area contributed by atoms with Gasteiger partial charge in [-0.2, -0.15) is 0 Å². The summed E-state index contributed by atoms with van der Waals surface area (Å²) in [5, 5.41) is 0. The molecule has 0 heterocycles. The summed E-state index contributed by atoms with van der Waals surface area (Å²) in [6.07, 6.45) is 2.06. The molecule has 0 fully saturated rings. The molecule has 0 unspecified atom stereocenters. The first-order chi connectivity index (χ1) is 4.95. The smallest absolute Gasteiger partial charge is 0.125 e. The van der Waals surface area contributed by atoms with Crippen LogP contribution in [0.4, 0.5) is 0 Å². The lowest BCUT2D eigenvalue weighted by Crippen LogP contribution is -2.33. The third-order valence-electron chi connectivity index (χ3n) is 2.38. The van der Waals surface area contributed by atoms with Crippen LogP contribution in [0.15, 0.2) is 12.7 Å². The standard InChI is InChI=1S/C9H19BrSi/c1-6-7-11(10,8(2)3)9(4)5/h6,8-9H,1,7H2,2-5H3. The quantitative estimate of drug-likeness (QED) is 0.386. The van der Waals surface area contributed by atoms with Gasteiger partial charge < -0.3 is 0 Å². The Morgan fingerprint density at radius 3 is 1.73 bits per heavy atom. The van der Waals surface area contributed by atoms with Crippen molar-refractivity contribution in [2.75, 3.05) is 0 Å². The minimum atomic E-state index is -1.21. The first-order valence-corrected chi connectivity index (χ1v) is 8.86. The van der Waals surface area contributed by atoms with E-state index in [2.05, 4.69) is 55.6 Å². The van der Waals surface area contributed by atoms with Gasteiger partial charge in [0.25, 0.3) is 0 Å². The van der Waals surface area contributed by atoms with Gasteiger partial charge in [-0.1, -0.05) is 33.8 Å². The lowest BCUT2D eigenvalue weighted by atomic mass is 10.5. The molecule has 0 nitrogen and oxygen atoms in total. The minimum absolute atomic E-state index is 0.792. The van der Waals surface area contributed by atoms with E-state index in [0.717, 1.165) is 11.1 Å². The number of hydrogen-bond acceptors (Lipinski definition) is 0. The van der Waals surface area contributed by atoms with Gasteiger partial charge >= 0.3 is 0 Å². The minimum Gasteiger partial charge on any atom is -0.125 e. The van der Waals surface area contributed by atoms with Gasteiger partial charge in [0.1, 0.15) is 6.69 Å². The van der Waals surface area contributed by atoms with Gasteiger partial charge in [-0.3, -0.25) is 0 Å².